The van der Waals surface area contributed by atoms with Crippen molar-refractivity contribution in [3.05, 3.63) is 65.2 Å². The van der Waals surface area contributed by atoms with E-state index in [1.165, 1.54) is 22.4 Å². The number of rotatable bonds is 4. The van der Waals surface area contributed by atoms with Crippen molar-refractivity contribution in [2.24, 2.45) is 5.92 Å². The quantitative estimate of drug-likeness (QED) is 0.648. The molecular weight excluding hydrogens is 446 g/mol. The average Bonchev–Trinajstić information content (AvgIpc) is 2.87. The standard InChI is InChI=1S/C25H33N3O.C2H2O4/c1-20-7-6-10-24(21(20)2)27-15-17-28(18-16-27)25(29)23-11-13-26(14-12-23)19-22-8-4-3-5-9-22;3-1(4)2(5)6/h3-10,23H,11-19H2,1-2H3;(H,3,4)(H,5,6). The number of hydrogen-bond donors (Lipinski definition) is 2. The first-order chi connectivity index (χ1) is 16.8. The van der Waals surface area contributed by atoms with Crippen molar-refractivity contribution in [3.63, 3.8) is 0 Å². The van der Waals surface area contributed by atoms with Gasteiger partial charge in [-0.05, 0) is 62.5 Å². The van der Waals surface area contributed by atoms with Gasteiger partial charge < -0.3 is 20.0 Å². The second kappa shape index (κ2) is 12.4. The van der Waals surface area contributed by atoms with E-state index in [1.807, 2.05) is 0 Å². The first-order valence-corrected chi connectivity index (χ1v) is 12.1. The maximum absolute atomic E-state index is 13.1. The van der Waals surface area contributed by atoms with E-state index in [0.717, 1.165) is 58.7 Å². The smallest absolute Gasteiger partial charge is 0.414 e. The maximum atomic E-state index is 13.1. The molecule has 0 spiro atoms. The zero-order chi connectivity index (χ0) is 25.4. The number of piperazine rings is 1. The Morgan fingerprint density at radius 3 is 1.97 bits per heavy atom. The number of amides is 1. The molecule has 4 rings (SSSR count). The fourth-order valence-electron chi connectivity index (χ4n) is 4.68. The van der Waals surface area contributed by atoms with Crippen LogP contribution < -0.4 is 4.90 Å². The molecule has 0 aliphatic carbocycles. The van der Waals surface area contributed by atoms with E-state index in [2.05, 4.69) is 77.1 Å². The van der Waals surface area contributed by atoms with Gasteiger partial charge in [-0.1, -0.05) is 42.5 Å². The lowest BCUT2D eigenvalue weighted by Gasteiger charge is -2.40. The highest BCUT2D eigenvalue weighted by Gasteiger charge is 2.30. The van der Waals surface area contributed by atoms with Gasteiger partial charge in [-0.2, -0.15) is 0 Å². The Hall–Kier alpha value is -3.39. The minimum atomic E-state index is -1.82. The van der Waals surface area contributed by atoms with Crippen molar-refractivity contribution in [1.29, 1.82) is 0 Å². The van der Waals surface area contributed by atoms with Crippen molar-refractivity contribution in [1.82, 2.24) is 9.80 Å². The molecule has 8 heteroatoms. The molecule has 2 fully saturated rings. The first-order valence-electron chi connectivity index (χ1n) is 12.1. The predicted octanol–water partition coefficient (Wildman–Crippen LogP) is 3.02. The third kappa shape index (κ3) is 7.29. The van der Waals surface area contributed by atoms with E-state index in [9.17, 15) is 4.79 Å². The third-order valence-corrected chi connectivity index (χ3v) is 6.88. The molecule has 0 aromatic heterocycles. The van der Waals surface area contributed by atoms with E-state index >= 15 is 0 Å². The Morgan fingerprint density at radius 1 is 0.800 bits per heavy atom. The van der Waals surface area contributed by atoms with Crippen molar-refractivity contribution in [2.75, 3.05) is 44.2 Å². The molecule has 2 aliphatic heterocycles. The molecule has 188 valence electrons. The minimum Gasteiger partial charge on any atom is -0.473 e. The summed E-state index contributed by atoms with van der Waals surface area (Å²) in [5.74, 6) is -3.07. The maximum Gasteiger partial charge on any atom is 0.414 e. The molecule has 2 N–H and O–H groups in total. The van der Waals surface area contributed by atoms with Gasteiger partial charge in [0.05, 0.1) is 0 Å². The van der Waals surface area contributed by atoms with Crippen molar-refractivity contribution in [2.45, 2.75) is 33.2 Å². The van der Waals surface area contributed by atoms with Gasteiger partial charge >= 0.3 is 11.9 Å². The summed E-state index contributed by atoms with van der Waals surface area (Å²) in [6.45, 7) is 11.0. The first kappa shape index (κ1) is 26.2. The summed E-state index contributed by atoms with van der Waals surface area (Å²) in [5, 5.41) is 14.8. The van der Waals surface area contributed by atoms with Crippen LogP contribution in [0, 0.1) is 19.8 Å². The topological polar surface area (TPSA) is 101 Å². The summed E-state index contributed by atoms with van der Waals surface area (Å²) in [5.41, 5.74) is 5.38. The van der Waals surface area contributed by atoms with Crippen LogP contribution in [0.5, 0.6) is 0 Å². The zero-order valence-corrected chi connectivity index (χ0v) is 20.5. The van der Waals surface area contributed by atoms with Gasteiger partial charge in [-0.3, -0.25) is 9.69 Å². The van der Waals surface area contributed by atoms with Gasteiger partial charge in [0.15, 0.2) is 0 Å². The normalized spacial score (nSPS) is 16.9. The van der Waals surface area contributed by atoms with Crippen LogP contribution in [0.25, 0.3) is 0 Å². The van der Waals surface area contributed by atoms with Gasteiger partial charge in [-0.15, -0.1) is 0 Å². The predicted molar refractivity (Wildman–Crippen MR) is 134 cm³/mol. The Labute approximate surface area is 206 Å². The van der Waals surface area contributed by atoms with Crippen LogP contribution in [-0.2, 0) is 20.9 Å². The number of anilines is 1. The summed E-state index contributed by atoms with van der Waals surface area (Å²) in [4.78, 5) is 38.3. The lowest BCUT2D eigenvalue weighted by molar-refractivity contribution is -0.159. The Bertz CT molecular complexity index is 999. The second-order valence-corrected chi connectivity index (χ2v) is 9.18. The fraction of sp³-hybridized carbons (Fsp3) is 0.444. The fourth-order valence-corrected chi connectivity index (χ4v) is 4.68. The van der Waals surface area contributed by atoms with E-state index in [-0.39, 0.29) is 5.92 Å². The summed E-state index contributed by atoms with van der Waals surface area (Å²) in [6, 6.07) is 17.2. The largest absolute Gasteiger partial charge is 0.473 e. The SMILES string of the molecule is Cc1cccc(N2CCN(C(=O)C3CCN(Cc4ccccc4)CC3)CC2)c1C.O=C(O)C(=O)O. The number of nitrogens with zero attached hydrogens (tertiary/aromatic N) is 3. The van der Waals surface area contributed by atoms with Gasteiger partial charge in [0.1, 0.15) is 0 Å². The molecule has 2 aromatic rings. The number of carboxylic acid groups (broad SMARTS) is 2. The van der Waals surface area contributed by atoms with Gasteiger partial charge in [-0.25, -0.2) is 9.59 Å². The third-order valence-electron chi connectivity index (χ3n) is 6.88. The van der Waals surface area contributed by atoms with Gasteiger partial charge in [0.25, 0.3) is 0 Å². The van der Waals surface area contributed by atoms with E-state index in [0.29, 0.717) is 5.91 Å². The second-order valence-electron chi connectivity index (χ2n) is 9.18. The number of aliphatic carboxylic acids is 2. The number of benzene rings is 2. The molecular formula is C27H35N3O5. The molecule has 2 heterocycles. The number of aryl methyl sites for hydroxylation is 1. The molecule has 0 atom stereocenters. The summed E-state index contributed by atoms with van der Waals surface area (Å²) >= 11 is 0. The van der Waals surface area contributed by atoms with E-state index < -0.39 is 11.9 Å². The zero-order valence-electron chi connectivity index (χ0n) is 20.5. The number of carbonyl (C=O) groups is 3. The van der Waals surface area contributed by atoms with Crippen LogP contribution in [0.3, 0.4) is 0 Å². The van der Waals surface area contributed by atoms with Gasteiger partial charge in [0, 0.05) is 44.3 Å². The average molecular weight is 482 g/mol. The minimum absolute atomic E-state index is 0.203. The Balaban J connectivity index is 0.000000509. The van der Waals surface area contributed by atoms with Crippen LogP contribution >= 0.6 is 0 Å². The van der Waals surface area contributed by atoms with Crippen LogP contribution in [0.2, 0.25) is 0 Å². The van der Waals surface area contributed by atoms with Crippen molar-refractivity contribution >= 4 is 23.5 Å². The molecule has 2 aliphatic rings. The van der Waals surface area contributed by atoms with Gasteiger partial charge in [0.2, 0.25) is 5.91 Å². The monoisotopic (exact) mass is 481 g/mol. The molecule has 0 unspecified atom stereocenters. The molecule has 35 heavy (non-hydrogen) atoms. The summed E-state index contributed by atoms with van der Waals surface area (Å²) in [7, 11) is 0. The van der Waals surface area contributed by atoms with Crippen LogP contribution in [0.15, 0.2) is 48.5 Å². The number of carbonyl (C=O) groups excluding carboxylic acids is 1. The highest BCUT2D eigenvalue weighted by Crippen LogP contribution is 2.26. The van der Waals surface area contributed by atoms with Crippen molar-refractivity contribution in [3.8, 4) is 0 Å². The summed E-state index contributed by atoms with van der Waals surface area (Å²) in [6.07, 6.45) is 1.98. The van der Waals surface area contributed by atoms with E-state index in [4.69, 9.17) is 19.8 Å². The Morgan fingerprint density at radius 2 is 1.40 bits per heavy atom. The molecule has 2 aromatic carbocycles. The highest BCUT2D eigenvalue weighted by atomic mass is 16.4. The molecule has 8 nitrogen and oxygen atoms in total. The summed E-state index contributed by atoms with van der Waals surface area (Å²) < 4.78 is 0. The molecule has 0 bridgehead atoms. The molecule has 1 amide bonds. The van der Waals surface area contributed by atoms with E-state index in [1.54, 1.807) is 0 Å². The highest BCUT2D eigenvalue weighted by molar-refractivity contribution is 6.27. The van der Waals surface area contributed by atoms with Crippen LogP contribution in [0.1, 0.15) is 29.5 Å². The van der Waals surface area contributed by atoms with Crippen LogP contribution in [0.4, 0.5) is 5.69 Å². The van der Waals surface area contributed by atoms with Crippen molar-refractivity contribution < 1.29 is 24.6 Å². The number of piperidine rings is 1. The number of likely N-dealkylation sites (tertiary alicyclic amines) is 1. The lowest BCUT2D eigenvalue weighted by Crippen LogP contribution is -2.51. The Kier molecular flexibility index (Phi) is 9.25. The molecule has 0 radical (unpaired) electrons. The lowest BCUT2D eigenvalue weighted by atomic mass is 9.94. The molecule has 0 saturated carbocycles. The van der Waals surface area contributed by atoms with Crippen LogP contribution in [-0.4, -0.2) is 77.1 Å². The molecule has 2 saturated heterocycles. The number of carboxylic acids is 2. The number of hydrogen-bond acceptors (Lipinski definition) is 5.